The van der Waals surface area contributed by atoms with Gasteiger partial charge in [0.2, 0.25) is 11.7 Å². The van der Waals surface area contributed by atoms with Crippen LogP contribution in [0.2, 0.25) is 0 Å². The third-order valence-electron chi connectivity index (χ3n) is 3.83. The number of halogens is 1. The first kappa shape index (κ1) is 18.0. The summed E-state index contributed by atoms with van der Waals surface area (Å²) in [7, 11) is 0. The molecule has 0 atom stereocenters. The number of carbonyl (C=O) groups is 1. The van der Waals surface area contributed by atoms with Gasteiger partial charge in [-0.25, -0.2) is 4.39 Å². The third-order valence-corrected chi connectivity index (χ3v) is 4.76. The number of rotatable bonds is 6. The van der Waals surface area contributed by atoms with E-state index in [0.717, 1.165) is 5.69 Å². The number of carbonyl (C=O) groups excluding carboxylic acids is 1. The molecular formula is C20H15FN4O2S. The van der Waals surface area contributed by atoms with Gasteiger partial charge in [-0.3, -0.25) is 9.36 Å². The number of nitrogens with one attached hydrogen (secondary N) is 1. The molecule has 0 radical (unpaired) electrons. The Balaban J connectivity index is 1.55. The van der Waals surface area contributed by atoms with E-state index in [2.05, 4.69) is 15.5 Å². The lowest BCUT2D eigenvalue weighted by molar-refractivity contribution is -0.113. The Morgan fingerprint density at radius 3 is 2.68 bits per heavy atom. The van der Waals surface area contributed by atoms with Gasteiger partial charge in [-0.2, -0.15) is 0 Å². The molecule has 4 rings (SSSR count). The van der Waals surface area contributed by atoms with Crippen LogP contribution in [0.25, 0.3) is 17.3 Å². The predicted molar refractivity (Wildman–Crippen MR) is 105 cm³/mol. The molecule has 0 aliphatic rings. The Morgan fingerprint density at radius 1 is 1.07 bits per heavy atom. The number of anilines is 1. The van der Waals surface area contributed by atoms with Crippen LogP contribution in [0, 0.1) is 5.82 Å². The van der Waals surface area contributed by atoms with Crippen molar-refractivity contribution in [3.05, 3.63) is 78.8 Å². The van der Waals surface area contributed by atoms with Crippen molar-refractivity contribution in [2.24, 2.45) is 0 Å². The number of furan rings is 1. The second-order valence-electron chi connectivity index (χ2n) is 5.80. The van der Waals surface area contributed by atoms with Gasteiger partial charge in [0, 0.05) is 11.4 Å². The summed E-state index contributed by atoms with van der Waals surface area (Å²) in [5.74, 6) is 0.548. The highest BCUT2D eigenvalue weighted by Gasteiger charge is 2.18. The SMILES string of the molecule is O=C(CSc1nnc(-c2ccco2)n1-c1ccccc1)Nc1cccc(F)c1. The highest BCUT2D eigenvalue weighted by atomic mass is 32.2. The summed E-state index contributed by atoms with van der Waals surface area (Å²) in [6, 6.07) is 18.9. The maximum Gasteiger partial charge on any atom is 0.234 e. The van der Waals surface area contributed by atoms with Crippen molar-refractivity contribution in [1.29, 1.82) is 0 Å². The van der Waals surface area contributed by atoms with E-state index in [-0.39, 0.29) is 11.7 Å². The summed E-state index contributed by atoms with van der Waals surface area (Å²) in [4.78, 5) is 12.2. The van der Waals surface area contributed by atoms with Gasteiger partial charge >= 0.3 is 0 Å². The zero-order chi connectivity index (χ0) is 19.3. The van der Waals surface area contributed by atoms with Gasteiger partial charge < -0.3 is 9.73 Å². The smallest absolute Gasteiger partial charge is 0.234 e. The average molecular weight is 394 g/mol. The highest BCUT2D eigenvalue weighted by molar-refractivity contribution is 7.99. The van der Waals surface area contributed by atoms with E-state index in [1.54, 1.807) is 30.5 Å². The summed E-state index contributed by atoms with van der Waals surface area (Å²) in [6.07, 6.45) is 1.57. The summed E-state index contributed by atoms with van der Waals surface area (Å²) in [5.41, 5.74) is 1.26. The van der Waals surface area contributed by atoms with E-state index in [1.165, 1.54) is 23.9 Å². The van der Waals surface area contributed by atoms with Gasteiger partial charge in [-0.1, -0.05) is 36.0 Å². The molecule has 2 heterocycles. The lowest BCUT2D eigenvalue weighted by Crippen LogP contribution is -2.14. The minimum Gasteiger partial charge on any atom is -0.461 e. The van der Waals surface area contributed by atoms with Crippen LogP contribution in [0.3, 0.4) is 0 Å². The Hall–Kier alpha value is -3.39. The molecule has 2 aromatic carbocycles. The number of aromatic nitrogens is 3. The number of benzene rings is 2. The summed E-state index contributed by atoms with van der Waals surface area (Å²) in [5, 5.41) is 11.7. The molecule has 0 unspecified atom stereocenters. The molecule has 28 heavy (non-hydrogen) atoms. The van der Waals surface area contributed by atoms with Crippen LogP contribution in [0.5, 0.6) is 0 Å². The molecule has 4 aromatic rings. The molecule has 0 aliphatic heterocycles. The molecule has 8 heteroatoms. The maximum atomic E-state index is 13.3. The largest absolute Gasteiger partial charge is 0.461 e. The minimum atomic E-state index is -0.405. The second-order valence-corrected chi connectivity index (χ2v) is 6.74. The summed E-state index contributed by atoms with van der Waals surface area (Å²) >= 11 is 1.23. The van der Waals surface area contributed by atoms with Crippen LogP contribution in [-0.4, -0.2) is 26.4 Å². The second kappa shape index (κ2) is 8.10. The molecule has 1 amide bonds. The van der Waals surface area contributed by atoms with Gasteiger partial charge in [0.25, 0.3) is 0 Å². The average Bonchev–Trinajstić information content (AvgIpc) is 3.36. The van der Waals surface area contributed by atoms with Crippen molar-refractivity contribution < 1.29 is 13.6 Å². The van der Waals surface area contributed by atoms with Crippen molar-refractivity contribution >= 4 is 23.4 Å². The summed E-state index contributed by atoms with van der Waals surface area (Å²) in [6.45, 7) is 0. The van der Waals surface area contributed by atoms with Gasteiger partial charge in [0.15, 0.2) is 10.9 Å². The lowest BCUT2D eigenvalue weighted by atomic mass is 10.3. The highest BCUT2D eigenvalue weighted by Crippen LogP contribution is 2.28. The molecule has 0 fully saturated rings. The zero-order valence-electron chi connectivity index (χ0n) is 14.6. The van der Waals surface area contributed by atoms with Crippen molar-refractivity contribution in [3.8, 4) is 17.3 Å². The Labute approximate surface area is 164 Å². The van der Waals surface area contributed by atoms with E-state index in [0.29, 0.717) is 22.4 Å². The fourth-order valence-electron chi connectivity index (χ4n) is 2.63. The number of hydrogen-bond donors (Lipinski definition) is 1. The first-order valence-electron chi connectivity index (χ1n) is 8.43. The molecule has 2 aromatic heterocycles. The van der Waals surface area contributed by atoms with Gasteiger partial charge in [-0.15, -0.1) is 10.2 Å². The molecule has 140 valence electrons. The molecule has 6 nitrogen and oxygen atoms in total. The Kier molecular flexibility index (Phi) is 5.20. The van der Waals surface area contributed by atoms with Crippen LogP contribution in [0.4, 0.5) is 10.1 Å². The first-order valence-corrected chi connectivity index (χ1v) is 9.42. The Bertz CT molecular complexity index is 1080. The predicted octanol–water partition coefficient (Wildman–Crippen LogP) is 4.40. The first-order chi connectivity index (χ1) is 13.7. The molecule has 0 aliphatic carbocycles. The Morgan fingerprint density at radius 2 is 1.93 bits per heavy atom. The van der Waals surface area contributed by atoms with Crippen LogP contribution < -0.4 is 5.32 Å². The van der Waals surface area contributed by atoms with E-state index >= 15 is 0 Å². The van der Waals surface area contributed by atoms with Crippen molar-refractivity contribution in [2.75, 3.05) is 11.1 Å². The van der Waals surface area contributed by atoms with Gasteiger partial charge in [-0.05, 0) is 42.5 Å². The lowest BCUT2D eigenvalue weighted by Gasteiger charge is -2.09. The number of thioether (sulfide) groups is 1. The molecule has 0 saturated carbocycles. The van der Waals surface area contributed by atoms with E-state index in [4.69, 9.17) is 4.42 Å². The number of amides is 1. The number of hydrogen-bond acceptors (Lipinski definition) is 5. The quantitative estimate of drug-likeness (QED) is 0.491. The molecule has 0 saturated heterocycles. The summed E-state index contributed by atoms with van der Waals surface area (Å²) < 4.78 is 20.6. The zero-order valence-corrected chi connectivity index (χ0v) is 15.4. The van der Waals surface area contributed by atoms with Crippen molar-refractivity contribution in [1.82, 2.24) is 14.8 Å². The normalized spacial score (nSPS) is 10.8. The topological polar surface area (TPSA) is 73.0 Å². The minimum absolute atomic E-state index is 0.0969. The molecule has 0 bridgehead atoms. The van der Waals surface area contributed by atoms with Crippen molar-refractivity contribution in [2.45, 2.75) is 5.16 Å². The van der Waals surface area contributed by atoms with Crippen LogP contribution >= 0.6 is 11.8 Å². The number of para-hydroxylation sites is 1. The molecule has 1 N–H and O–H groups in total. The van der Waals surface area contributed by atoms with Gasteiger partial charge in [0.1, 0.15) is 5.82 Å². The van der Waals surface area contributed by atoms with Crippen LogP contribution in [0.15, 0.2) is 82.6 Å². The van der Waals surface area contributed by atoms with E-state index in [9.17, 15) is 9.18 Å². The van der Waals surface area contributed by atoms with E-state index < -0.39 is 5.82 Å². The fourth-order valence-corrected chi connectivity index (χ4v) is 3.38. The number of nitrogens with zero attached hydrogens (tertiary/aromatic N) is 3. The molecule has 0 spiro atoms. The molecular weight excluding hydrogens is 379 g/mol. The maximum absolute atomic E-state index is 13.3. The third kappa shape index (κ3) is 3.96. The van der Waals surface area contributed by atoms with Gasteiger partial charge in [0.05, 0.1) is 12.0 Å². The van der Waals surface area contributed by atoms with Crippen molar-refractivity contribution in [3.63, 3.8) is 0 Å². The van der Waals surface area contributed by atoms with Crippen LogP contribution in [-0.2, 0) is 4.79 Å². The fraction of sp³-hybridized carbons (Fsp3) is 0.0500. The van der Waals surface area contributed by atoms with Crippen LogP contribution in [0.1, 0.15) is 0 Å². The van der Waals surface area contributed by atoms with E-state index in [1.807, 2.05) is 34.9 Å². The standard InChI is InChI=1S/C20H15FN4O2S/c21-14-6-4-7-15(12-14)22-18(26)13-28-20-24-23-19(17-10-5-11-27-17)25(20)16-8-2-1-3-9-16/h1-12H,13H2,(H,22,26). The monoisotopic (exact) mass is 394 g/mol.